The third-order valence-electron chi connectivity index (χ3n) is 2.46. The fourth-order valence-corrected chi connectivity index (χ4v) is 1.81. The van der Waals surface area contributed by atoms with Gasteiger partial charge in [-0.2, -0.15) is 0 Å². The Labute approximate surface area is 94.9 Å². The summed E-state index contributed by atoms with van der Waals surface area (Å²) in [6.45, 7) is 1.02. The summed E-state index contributed by atoms with van der Waals surface area (Å²) in [5.74, 6) is -0.770. The fourth-order valence-electron chi connectivity index (χ4n) is 1.81. The number of carbonyl (C=O) groups is 1. The van der Waals surface area contributed by atoms with E-state index in [1.54, 1.807) is 0 Å². The smallest absolute Gasteiger partial charge is 0.307 e. The minimum Gasteiger partial charge on any atom is -0.481 e. The average molecular weight is 228 g/mol. The van der Waals surface area contributed by atoms with Gasteiger partial charge in [0.2, 0.25) is 0 Å². The molecule has 0 bridgehead atoms. The molecular formula is C11H14ClNO2. The van der Waals surface area contributed by atoms with E-state index in [9.17, 15) is 4.79 Å². The van der Waals surface area contributed by atoms with Gasteiger partial charge in [0.25, 0.3) is 0 Å². The molecule has 4 heteroatoms. The molecule has 2 N–H and O–H groups in total. The van der Waals surface area contributed by atoms with Crippen LogP contribution in [0.25, 0.3) is 0 Å². The van der Waals surface area contributed by atoms with Crippen molar-refractivity contribution in [2.75, 3.05) is 11.9 Å². The number of aliphatic carboxylic acids is 1. The minimum absolute atomic E-state index is 0. The second kappa shape index (κ2) is 5.03. The summed E-state index contributed by atoms with van der Waals surface area (Å²) in [5, 5.41) is 12.0. The summed E-state index contributed by atoms with van der Waals surface area (Å²) in [4.78, 5) is 10.5. The molecular weight excluding hydrogens is 214 g/mol. The van der Waals surface area contributed by atoms with E-state index >= 15 is 0 Å². The van der Waals surface area contributed by atoms with Crippen molar-refractivity contribution in [1.82, 2.24) is 0 Å². The Hall–Kier alpha value is -1.22. The molecule has 0 spiro atoms. The highest BCUT2D eigenvalue weighted by atomic mass is 35.5. The molecule has 0 saturated heterocycles. The van der Waals surface area contributed by atoms with Gasteiger partial charge in [0.05, 0.1) is 6.42 Å². The molecule has 1 aliphatic heterocycles. The van der Waals surface area contributed by atoms with E-state index in [1.165, 1.54) is 5.56 Å². The molecule has 1 aromatic rings. The van der Waals surface area contributed by atoms with Crippen LogP contribution in [0.3, 0.4) is 0 Å². The zero-order valence-corrected chi connectivity index (χ0v) is 9.14. The lowest BCUT2D eigenvalue weighted by Gasteiger charge is -2.18. The lowest BCUT2D eigenvalue weighted by atomic mass is 10.00. The number of anilines is 1. The van der Waals surface area contributed by atoms with Crippen LogP contribution in [0.5, 0.6) is 0 Å². The van der Waals surface area contributed by atoms with Gasteiger partial charge in [0, 0.05) is 12.2 Å². The number of carboxylic acids is 1. The van der Waals surface area contributed by atoms with Crippen molar-refractivity contribution in [2.24, 2.45) is 0 Å². The van der Waals surface area contributed by atoms with Crippen LogP contribution < -0.4 is 5.32 Å². The first-order valence-corrected chi connectivity index (χ1v) is 4.83. The van der Waals surface area contributed by atoms with Crippen molar-refractivity contribution in [3.05, 3.63) is 29.3 Å². The topological polar surface area (TPSA) is 49.3 Å². The molecule has 2 rings (SSSR count). The molecule has 15 heavy (non-hydrogen) atoms. The van der Waals surface area contributed by atoms with Gasteiger partial charge in [0.15, 0.2) is 0 Å². The highest BCUT2D eigenvalue weighted by molar-refractivity contribution is 5.85. The Kier molecular flexibility index (Phi) is 3.97. The fraction of sp³-hybridized carbons (Fsp3) is 0.364. The van der Waals surface area contributed by atoms with E-state index in [0.717, 1.165) is 30.6 Å². The molecule has 0 atom stereocenters. The molecule has 1 aliphatic rings. The Morgan fingerprint density at radius 2 is 2.27 bits per heavy atom. The van der Waals surface area contributed by atoms with Crippen molar-refractivity contribution >= 4 is 24.1 Å². The second-order valence-electron chi connectivity index (χ2n) is 3.59. The van der Waals surface area contributed by atoms with Crippen LogP contribution in [0.2, 0.25) is 0 Å². The van der Waals surface area contributed by atoms with E-state index in [-0.39, 0.29) is 18.8 Å². The number of hydrogen-bond acceptors (Lipinski definition) is 2. The van der Waals surface area contributed by atoms with Crippen LogP contribution in [0.4, 0.5) is 5.69 Å². The van der Waals surface area contributed by atoms with Gasteiger partial charge in [-0.15, -0.1) is 12.4 Å². The first-order valence-electron chi connectivity index (χ1n) is 4.83. The predicted molar refractivity (Wildman–Crippen MR) is 61.8 cm³/mol. The van der Waals surface area contributed by atoms with Gasteiger partial charge in [-0.05, 0) is 30.0 Å². The van der Waals surface area contributed by atoms with Crippen LogP contribution in [-0.2, 0) is 17.6 Å². The van der Waals surface area contributed by atoms with Crippen LogP contribution in [0.1, 0.15) is 17.5 Å². The third-order valence-corrected chi connectivity index (χ3v) is 2.46. The van der Waals surface area contributed by atoms with E-state index in [1.807, 2.05) is 18.2 Å². The highest BCUT2D eigenvalue weighted by Gasteiger charge is 2.09. The number of carboxylic acid groups (broad SMARTS) is 1. The maximum atomic E-state index is 10.5. The molecule has 0 fully saturated rings. The molecule has 0 radical (unpaired) electrons. The standard InChI is InChI=1S/C11H13NO2.ClH/c13-11(14)7-8-3-4-10-9(6-8)2-1-5-12-10;/h3-4,6,12H,1-2,5,7H2,(H,13,14);1H. The van der Waals surface area contributed by atoms with Crippen molar-refractivity contribution in [3.8, 4) is 0 Å². The normalized spacial score (nSPS) is 13.3. The Balaban J connectivity index is 0.00000112. The lowest BCUT2D eigenvalue weighted by molar-refractivity contribution is -0.136. The molecule has 0 aromatic heterocycles. The van der Waals surface area contributed by atoms with Gasteiger partial charge in [-0.1, -0.05) is 12.1 Å². The SMILES string of the molecule is Cl.O=C(O)Cc1ccc2c(c1)CCCN2. The second-order valence-corrected chi connectivity index (χ2v) is 3.59. The molecule has 3 nitrogen and oxygen atoms in total. The number of halogens is 1. The summed E-state index contributed by atoms with van der Waals surface area (Å²) in [7, 11) is 0. The Morgan fingerprint density at radius 1 is 1.47 bits per heavy atom. The maximum Gasteiger partial charge on any atom is 0.307 e. The number of nitrogens with one attached hydrogen (secondary N) is 1. The Morgan fingerprint density at radius 3 is 3.00 bits per heavy atom. The largest absolute Gasteiger partial charge is 0.481 e. The maximum absolute atomic E-state index is 10.5. The number of fused-ring (bicyclic) bond motifs is 1. The van der Waals surface area contributed by atoms with Gasteiger partial charge in [0.1, 0.15) is 0 Å². The number of aryl methyl sites for hydroxylation is 1. The van der Waals surface area contributed by atoms with Gasteiger partial charge >= 0.3 is 5.97 Å². The summed E-state index contributed by atoms with van der Waals surface area (Å²) < 4.78 is 0. The van der Waals surface area contributed by atoms with Crippen molar-refractivity contribution < 1.29 is 9.90 Å². The average Bonchev–Trinajstić information content (AvgIpc) is 2.17. The molecule has 1 heterocycles. The zero-order chi connectivity index (χ0) is 9.97. The van der Waals surface area contributed by atoms with Crippen LogP contribution in [-0.4, -0.2) is 17.6 Å². The van der Waals surface area contributed by atoms with Gasteiger partial charge in [-0.25, -0.2) is 0 Å². The van der Waals surface area contributed by atoms with Crippen LogP contribution >= 0.6 is 12.4 Å². The molecule has 0 saturated carbocycles. The zero-order valence-electron chi connectivity index (χ0n) is 8.32. The highest BCUT2D eigenvalue weighted by Crippen LogP contribution is 2.22. The number of hydrogen-bond donors (Lipinski definition) is 2. The summed E-state index contributed by atoms with van der Waals surface area (Å²) in [6.07, 6.45) is 2.30. The molecule has 82 valence electrons. The first kappa shape index (κ1) is 11.9. The van der Waals surface area contributed by atoms with E-state index in [4.69, 9.17) is 5.11 Å². The van der Waals surface area contributed by atoms with Crippen molar-refractivity contribution in [2.45, 2.75) is 19.3 Å². The molecule has 1 aromatic carbocycles. The van der Waals surface area contributed by atoms with E-state index in [2.05, 4.69) is 5.32 Å². The third kappa shape index (κ3) is 2.86. The molecule has 0 unspecified atom stereocenters. The van der Waals surface area contributed by atoms with Crippen LogP contribution in [0, 0.1) is 0 Å². The quantitative estimate of drug-likeness (QED) is 0.814. The van der Waals surface area contributed by atoms with E-state index < -0.39 is 5.97 Å². The van der Waals surface area contributed by atoms with Crippen molar-refractivity contribution in [1.29, 1.82) is 0 Å². The monoisotopic (exact) mass is 227 g/mol. The molecule has 0 aliphatic carbocycles. The summed E-state index contributed by atoms with van der Waals surface area (Å²) in [6, 6.07) is 5.85. The Bertz CT molecular complexity index is 366. The first-order chi connectivity index (χ1) is 6.75. The van der Waals surface area contributed by atoms with Gasteiger partial charge < -0.3 is 10.4 Å². The molecule has 0 amide bonds. The summed E-state index contributed by atoms with van der Waals surface area (Å²) in [5.41, 5.74) is 3.29. The summed E-state index contributed by atoms with van der Waals surface area (Å²) >= 11 is 0. The lowest BCUT2D eigenvalue weighted by Crippen LogP contribution is -2.12. The van der Waals surface area contributed by atoms with Gasteiger partial charge in [-0.3, -0.25) is 4.79 Å². The van der Waals surface area contributed by atoms with E-state index in [0.29, 0.717) is 0 Å². The predicted octanol–water partition coefficient (Wildman–Crippen LogP) is 2.09. The minimum atomic E-state index is -0.770. The van der Waals surface area contributed by atoms with Crippen molar-refractivity contribution in [3.63, 3.8) is 0 Å². The van der Waals surface area contributed by atoms with Crippen LogP contribution in [0.15, 0.2) is 18.2 Å². The number of benzene rings is 1. The number of rotatable bonds is 2.